The van der Waals surface area contributed by atoms with Gasteiger partial charge in [0.05, 0.1) is 19.3 Å². The minimum atomic E-state index is 0.488. The summed E-state index contributed by atoms with van der Waals surface area (Å²) in [5.41, 5.74) is 1.37. The van der Waals surface area contributed by atoms with E-state index in [-0.39, 0.29) is 0 Å². The second-order valence-electron chi connectivity index (χ2n) is 4.53. The lowest BCUT2D eigenvalue weighted by atomic mass is 9.95. The van der Waals surface area contributed by atoms with Crippen molar-refractivity contribution in [3.63, 3.8) is 0 Å². The van der Waals surface area contributed by atoms with E-state index in [9.17, 15) is 0 Å². The Kier molecular flexibility index (Phi) is 3.49. The molecule has 1 aromatic rings. The molecule has 1 aromatic carbocycles. The van der Waals surface area contributed by atoms with Gasteiger partial charge in [0.1, 0.15) is 5.75 Å². The second-order valence-corrected chi connectivity index (χ2v) is 4.53. The molecule has 2 rings (SSSR count). The fraction of sp³-hybridized carbons (Fsp3) is 0.571. The number of hydrogen-bond acceptors (Lipinski definition) is 2. The van der Waals surface area contributed by atoms with E-state index in [0.717, 1.165) is 18.6 Å². The van der Waals surface area contributed by atoms with Gasteiger partial charge in [-0.2, -0.15) is 0 Å². The quantitative estimate of drug-likeness (QED) is 0.710. The molecule has 3 atom stereocenters. The van der Waals surface area contributed by atoms with Gasteiger partial charge >= 0.3 is 0 Å². The first-order chi connectivity index (χ1) is 7.74. The Hall–Kier alpha value is -1.02. The van der Waals surface area contributed by atoms with Gasteiger partial charge in [0.15, 0.2) is 0 Å². The van der Waals surface area contributed by atoms with Crippen LogP contribution in [0.25, 0.3) is 0 Å². The lowest BCUT2D eigenvalue weighted by Gasteiger charge is -2.10. The van der Waals surface area contributed by atoms with E-state index in [1.165, 1.54) is 5.56 Å². The van der Waals surface area contributed by atoms with Crippen LogP contribution in [-0.2, 0) is 4.74 Å². The smallest absolute Gasteiger partial charge is 0.118 e. The Morgan fingerprint density at radius 2 is 1.94 bits per heavy atom. The van der Waals surface area contributed by atoms with Crippen molar-refractivity contribution in [2.75, 3.05) is 7.11 Å². The van der Waals surface area contributed by atoms with Crippen molar-refractivity contribution in [1.82, 2.24) is 0 Å². The maximum Gasteiger partial charge on any atom is 0.118 e. The molecule has 2 nitrogen and oxygen atoms in total. The molecule has 0 radical (unpaired) electrons. The lowest BCUT2D eigenvalue weighted by molar-refractivity contribution is 0.353. The van der Waals surface area contributed by atoms with E-state index in [0.29, 0.717) is 18.1 Å². The standard InChI is InChI=1S/C14H20O2/c1-4-13-14(16-13)9-10(2)11-5-7-12(15-3)8-6-11/h5-8,10,13-14H,4,9H2,1-3H3. The molecule has 1 aliphatic heterocycles. The zero-order chi connectivity index (χ0) is 11.5. The molecule has 0 saturated carbocycles. The Morgan fingerprint density at radius 3 is 2.44 bits per heavy atom. The minimum Gasteiger partial charge on any atom is -0.497 e. The summed E-state index contributed by atoms with van der Waals surface area (Å²) in [6.07, 6.45) is 3.27. The molecular weight excluding hydrogens is 200 g/mol. The van der Waals surface area contributed by atoms with Crippen LogP contribution < -0.4 is 4.74 Å². The average Bonchev–Trinajstić information content (AvgIpc) is 3.07. The van der Waals surface area contributed by atoms with Crippen molar-refractivity contribution in [3.8, 4) is 5.75 Å². The van der Waals surface area contributed by atoms with Crippen LogP contribution >= 0.6 is 0 Å². The highest BCUT2D eigenvalue weighted by atomic mass is 16.6. The third-order valence-corrected chi connectivity index (χ3v) is 3.36. The summed E-state index contributed by atoms with van der Waals surface area (Å²) in [7, 11) is 1.70. The van der Waals surface area contributed by atoms with Gasteiger partial charge in [0.2, 0.25) is 0 Å². The van der Waals surface area contributed by atoms with Gasteiger partial charge < -0.3 is 9.47 Å². The lowest BCUT2D eigenvalue weighted by Crippen LogP contribution is -2.01. The van der Waals surface area contributed by atoms with Crippen LogP contribution in [0.3, 0.4) is 0 Å². The van der Waals surface area contributed by atoms with Gasteiger partial charge in [0, 0.05) is 0 Å². The second kappa shape index (κ2) is 4.88. The third kappa shape index (κ3) is 2.56. The van der Waals surface area contributed by atoms with E-state index in [4.69, 9.17) is 9.47 Å². The maximum atomic E-state index is 5.58. The van der Waals surface area contributed by atoms with E-state index in [2.05, 4.69) is 26.0 Å². The Morgan fingerprint density at radius 1 is 1.25 bits per heavy atom. The maximum absolute atomic E-state index is 5.58. The first-order valence-electron chi connectivity index (χ1n) is 6.04. The fourth-order valence-corrected chi connectivity index (χ4v) is 2.16. The van der Waals surface area contributed by atoms with Crippen LogP contribution in [0.5, 0.6) is 5.75 Å². The Bertz CT molecular complexity index is 331. The highest BCUT2D eigenvalue weighted by Crippen LogP contribution is 2.34. The van der Waals surface area contributed by atoms with Crippen LogP contribution in [-0.4, -0.2) is 19.3 Å². The van der Waals surface area contributed by atoms with Crippen molar-refractivity contribution >= 4 is 0 Å². The fourth-order valence-electron chi connectivity index (χ4n) is 2.16. The van der Waals surface area contributed by atoms with Gasteiger partial charge in [-0.1, -0.05) is 26.0 Å². The van der Waals surface area contributed by atoms with Gasteiger partial charge in [-0.25, -0.2) is 0 Å². The topological polar surface area (TPSA) is 21.8 Å². The predicted octanol–water partition coefficient (Wildman–Crippen LogP) is 3.37. The molecule has 88 valence electrons. The molecule has 0 bridgehead atoms. The van der Waals surface area contributed by atoms with Crippen LogP contribution in [0.1, 0.15) is 38.2 Å². The molecule has 16 heavy (non-hydrogen) atoms. The molecule has 0 aliphatic carbocycles. The molecule has 1 fully saturated rings. The van der Waals surface area contributed by atoms with Crippen molar-refractivity contribution in [2.24, 2.45) is 0 Å². The normalized spacial score (nSPS) is 25.2. The van der Waals surface area contributed by atoms with Crippen LogP contribution in [0.15, 0.2) is 24.3 Å². The number of rotatable bonds is 5. The van der Waals surface area contributed by atoms with Gasteiger partial charge in [-0.15, -0.1) is 0 Å². The summed E-state index contributed by atoms with van der Waals surface area (Å²) in [4.78, 5) is 0. The minimum absolute atomic E-state index is 0.488. The van der Waals surface area contributed by atoms with E-state index in [1.54, 1.807) is 7.11 Å². The highest BCUT2D eigenvalue weighted by molar-refractivity contribution is 5.29. The Balaban J connectivity index is 1.90. The molecule has 0 spiro atoms. The number of methoxy groups -OCH3 is 1. The van der Waals surface area contributed by atoms with Crippen LogP contribution in [0.4, 0.5) is 0 Å². The van der Waals surface area contributed by atoms with Crippen molar-refractivity contribution < 1.29 is 9.47 Å². The molecule has 3 unspecified atom stereocenters. The van der Waals surface area contributed by atoms with Crippen LogP contribution in [0, 0.1) is 0 Å². The molecule has 0 amide bonds. The largest absolute Gasteiger partial charge is 0.497 e. The molecule has 0 N–H and O–H groups in total. The summed E-state index contributed by atoms with van der Waals surface area (Å²) >= 11 is 0. The zero-order valence-electron chi connectivity index (χ0n) is 10.3. The van der Waals surface area contributed by atoms with E-state index in [1.807, 2.05) is 12.1 Å². The summed E-state index contributed by atoms with van der Waals surface area (Å²) in [5.74, 6) is 1.48. The average molecular weight is 220 g/mol. The van der Waals surface area contributed by atoms with Gasteiger partial charge in [-0.3, -0.25) is 0 Å². The molecular formula is C14H20O2. The van der Waals surface area contributed by atoms with Crippen molar-refractivity contribution in [3.05, 3.63) is 29.8 Å². The molecule has 2 heteroatoms. The molecule has 0 aromatic heterocycles. The summed E-state index contributed by atoms with van der Waals surface area (Å²) in [6.45, 7) is 4.44. The molecule has 1 heterocycles. The van der Waals surface area contributed by atoms with Crippen LogP contribution in [0.2, 0.25) is 0 Å². The first-order valence-corrected chi connectivity index (χ1v) is 6.04. The summed E-state index contributed by atoms with van der Waals surface area (Å²) in [6, 6.07) is 8.34. The van der Waals surface area contributed by atoms with Crippen molar-refractivity contribution in [2.45, 2.75) is 44.8 Å². The monoisotopic (exact) mass is 220 g/mol. The number of ether oxygens (including phenoxy) is 2. The number of hydrogen-bond donors (Lipinski definition) is 0. The number of epoxide rings is 1. The summed E-state index contributed by atoms with van der Waals surface area (Å²) < 4.78 is 10.7. The first kappa shape index (κ1) is 11.5. The Labute approximate surface area is 97.6 Å². The summed E-state index contributed by atoms with van der Waals surface area (Å²) in [5, 5.41) is 0. The predicted molar refractivity (Wildman–Crippen MR) is 65.0 cm³/mol. The molecule has 1 aliphatic rings. The highest BCUT2D eigenvalue weighted by Gasteiger charge is 2.37. The van der Waals surface area contributed by atoms with E-state index < -0.39 is 0 Å². The molecule has 1 saturated heterocycles. The van der Waals surface area contributed by atoms with Gasteiger partial charge in [-0.05, 0) is 36.5 Å². The SMILES string of the molecule is CCC1OC1CC(C)c1ccc(OC)cc1. The zero-order valence-corrected chi connectivity index (χ0v) is 10.3. The van der Waals surface area contributed by atoms with Crippen molar-refractivity contribution in [1.29, 1.82) is 0 Å². The van der Waals surface area contributed by atoms with Gasteiger partial charge in [0.25, 0.3) is 0 Å². The van der Waals surface area contributed by atoms with E-state index >= 15 is 0 Å². The number of benzene rings is 1. The third-order valence-electron chi connectivity index (χ3n) is 3.36.